The van der Waals surface area contributed by atoms with Crippen LogP contribution in [0.4, 0.5) is 11.5 Å². The molecule has 0 bridgehead atoms. The van der Waals surface area contributed by atoms with Gasteiger partial charge in [0.2, 0.25) is 0 Å². The van der Waals surface area contributed by atoms with Crippen LogP contribution in [0.2, 0.25) is 10.0 Å². The predicted octanol–water partition coefficient (Wildman–Crippen LogP) is 4.60. The SMILES string of the molecule is C[C@H]1O[C@@H](n2cc(-c3ccccc3)c3c2N=CN(Nc2ccc(Cl)c(Cl)c2)C3)[C@H](O)[C@@H]1O. The number of hydrogen-bond donors (Lipinski definition) is 3. The molecule has 32 heavy (non-hydrogen) atoms. The average molecular weight is 473 g/mol. The molecule has 2 aliphatic rings. The number of ether oxygens (including phenoxy) is 1. The summed E-state index contributed by atoms with van der Waals surface area (Å²) < 4.78 is 7.67. The normalized spacial score (nSPS) is 24.6. The monoisotopic (exact) mass is 472 g/mol. The lowest BCUT2D eigenvalue weighted by atomic mass is 10.0. The van der Waals surface area contributed by atoms with Crippen LogP contribution in [0.1, 0.15) is 18.7 Å². The van der Waals surface area contributed by atoms with Gasteiger partial charge in [0.1, 0.15) is 24.4 Å². The van der Waals surface area contributed by atoms with E-state index < -0.39 is 24.5 Å². The maximum Gasteiger partial charge on any atom is 0.164 e. The van der Waals surface area contributed by atoms with Gasteiger partial charge >= 0.3 is 0 Å². The van der Waals surface area contributed by atoms with Crippen LogP contribution in [0.25, 0.3) is 11.1 Å². The highest BCUT2D eigenvalue weighted by atomic mass is 35.5. The van der Waals surface area contributed by atoms with Crippen molar-refractivity contribution >= 4 is 41.0 Å². The first-order valence-electron chi connectivity index (χ1n) is 10.3. The minimum absolute atomic E-state index is 0.461. The van der Waals surface area contributed by atoms with E-state index in [9.17, 15) is 10.2 Å². The van der Waals surface area contributed by atoms with E-state index in [0.717, 1.165) is 22.4 Å². The van der Waals surface area contributed by atoms with Crippen LogP contribution in [-0.2, 0) is 11.3 Å². The highest BCUT2D eigenvalue weighted by Crippen LogP contribution is 2.41. The number of anilines is 1. The van der Waals surface area contributed by atoms with Crippen LogP contribution >= 0.6 is 23.2 Å². The number of hydrazine groups is 1. The molecule has 0 radical (unpaired) electrons. The van der Waals surface area contributed by atoms with Gasteiger partial charge in [-0.3, -0.25) is 10.4 Å². The van der Waals surface area contributed by atoms with E-state index >= 15 is 0 Å². The lowest BCUT2D eigenvalue weighted by Gasteiger charge is -2.26. The van der Waals surface area contributed by atoms with E-state index in [4.69, 9.17) is 27.9 Å². The molecule has 166 valence electrons. The van der Waals surface area contributed by atoms with E-state index in [-0.39, 0.29) is 0 Å². The number of aliphatic hydroxyl groups excluding tert-OH is 2. The van der Waals surface area contributed by atoms with E-state index in [1.54, 1.807) is 25.4 Å². The summed E-state index contributed by atoms with van der Waals surface area (Å²) >= 11 is 12.2. The molecule has 0 saturated carbocycles. The number of nitrogens with one attached hydrogen (secondary N) is 1. The summed E-state index contributed by atoms with van der Waals surface area (Å²) in [5, 5.41) is 23.6. The molecular formula is C23H22Cl2N4O3. The highest BCUT2D eigenvalue weighted by Gasteiger charge is 2.42. The van der Waals surface area contributed by atoms with Crippen LogP contribution in [-0.4, -0.2) is 44.4 Å². The molecule has 2 aromatic carbocycles. The molecule has 0 aliphatic carbocycles. The van der Waals surface area contributed by atoms with Crippen molar-refractivity contribution in [2.24, 2.45) is 4.99 Å². The van der Waals surface area contributed by atoms with E-state index in [2.05, 4.69) is 10.4 Å². The lowest BCUT2D eigenvalue weighted by Crippen LogP contribution is -2.31. The van der Waals surface area contributed by atoms with Crippen LogP contribution in [0, 0.1) is 0 Å². The quantitative estimate of drug-likeness (QED) is 0.516. The Balaban J connectivity index is 1.51. The van der Waals surface area contributed by atoms with Gasteiger partial charge in [-0.2, -0.15) is 0 Å². The zero-order valence-electron chi connectivity index (χ0n) is 17.2. The van der Waals surface area contributed by atoms with E-state index in [0.29, 0.717) is 22.4 Å². The van der Waals surface area contributed by atoms with Crippen molar-refractivity contribution in [3.8, 4) is 11.1 Å². The third-order valence-corrected chi connectivity index (χ3v) is 6.52. The number of halogens is 2. The van der Waals surface area contributed by atoms with Gasteiger partial charge in [0.05, 0.1) is 28.4 Å². The molecule has 1 aromatic heterocycles. The minimum Gasteiger partial charge on any atom is -0.388 e. The summed E-state index contributed by atoms with van der Waals surface area (Å²) in [5.41, 5.74) is 7.03. The van der Waals surface area contributed by atoms with E-state index in [1.807, 2.05) is 52.2 Å². The Morgan fingerprint density at radius 1 is 1.06 bits per heavy atom. The Kier molecular flexibility index (Phi) is 5.61. The van der Waals surface area contributed by atoms with Gasteiger partial charge in [0, 0.05) is 17.3 Å². The van der Waals surface area contributed by atoms with Crippen molar-refractivity contribution in [3.05, 3.63) is 70.3 Å². The standard InChI is InChI=1S/C23H22Cl2N4O3/c1-13-20(30)21(31)23(32-13)29-11-16(14-5-3-2-4-6-14)17-10-28(12-26-22(17)29)27-15-7-8-18(24)19(25)9-15/h2-9,11-13,20-21,23,27,30-31H,10H2,1H3/t13-,20-,21-,23-/m1/s1. The molecule has 1 saturated heterocycles. The number of aliphatic imine (C=N–C) groups is 1. The Labute approximate surface area is 195 Å². The zero-order valence-corrected chi connectivity index (χ0v) is 18.7. The first kappa shape index (κ1) is 21.3. The predicted molar refractivity (Wildman–Crippen MR) is 125 cm³/mol. The van der Waals surface area contributed by atoms with Crippen LogP contribution < -0.4 is 5.43 Å². The zero-order chi connectivity index (χ0) is 22.4. The molecule has 9 heteroatoms. The molecule has 1 fully saturated rings. The number of benzene rings is 2. The molecular weight excluding hydrogens is 451 g/mol. The number of aliphatic hydroxyl groups is 2. The topological polar surface area (TPSA) is 82.2 Å². The molecule has 3 N–H and O–H groups in total. The molecule has 3 aromatic rings. The molecule has 5 rings (SSSR count). The molecule has 0 unspecified atom stereocenters. The summed E-state index contributed by atoms with van der Waals surface area (Å²) in [5.74, 6) is 0.682. The van der Waals surface area contributed by atoms with Gasteiger partial charge in [-0.05, 0) is 30.7 Å². The fourth-order valence-electron chi connectivity index (χ4n) is 4.11. The average Bonchev–Trinajstić information content (AvgIpc) is 3.29. The maximum atomic E-state index is 10.6. The summed E-state index contributed by atoms with van der Waals surface area (Å²) in [4.78, 5) is 4.66. The smallest absolute Gasteiger partial charge is 0.164 e. The number of nitrogens with zero attached hydrogens (tertiary/aromatic N) is 3. The Morgan fingerprint density at radius 3 is 2.53 bits per heavy atom. The van der Waals surface area contributed by atoms with Crippen molar-refractivity contribution in [2.75, 3.05) is 5.43 Å². The van der Waals surface area contributed by atoms with Crippen molar-refractivity contribution < 1.29 is 14.9 Å². The second kappa shape index (κ2) is 8.42. The molecule has 4 atom stereocenters. The highest BCUT2D eigenvalue weighted by molar-refractivity contribution is 6.42. The molecule has 0 amide bonds. The van der Waals surface area contributed by atoms with Gasteiger partial charge in [-0.15, -0.1) is 0 Å². The lowest BCUT2D eigenvalue weighted by molar-refractivity contribution is -0.0308. The van der Waals surface area contributed by atoms with E-state index in [1.165, 1.54) is 0 Å². The number of rotatable bonds is 4. The molecule has 2 aliphatic heterocycles. The summed E-state index contributed by atoms with van der Waals surface area (Å²) in [6.07, 6.45) is 0.397. The number of hydrogen-bond acceptors (Lipinski definition) is 6. The van der Waals surface area contributed by atoms with Crippen molar-refractivity contribution in [1.82, 2.24) is 9.58 Å². The second-order valence-electron chi connectivity index (χ2n) is 7.94. The summed E-state index contributed by atoms with van der Waals surface area (Å²) in [7, 11) is 0. The number of fused-ring (bicyclic) bond motifs is 1. The fourth-order valence-corrected chi connectivity index (χ4v) is 4.41. The first-order valence-corrected chi connectivity index (χ1v) is 11.0. The van der Waals surface area contributed by atoms with Crippen LogP contribution in [0.5, 0.6) is 0 Å². The largest absolute Gasteiger partial charge is 0.388 e. The Bertz CT molecular complexity index is 1170. The maximum absolute atomic E-state index is 10.6. The third kappa shape index (κ3) is 3.76. The number of aromatic nitrogens is 1. The van der Waals surface area contributed by atoms with Gasteiger partial charge in [0.25, 0.3) is 0 Å². The minimum atomic E-state index is -1.05. The summed E-state index contributed by atoms with van der Waals surface area (Å²) in [6, 6.07) is 15.3. The summed E-state index contributed by atoms with van der Waals surface area (Å²) in [6.45, 7) is 2.26. The van der Waals surface area contributed by atoms with Crippen molar-refractivity contribution in [1.29, 1.82) is 0 Å². The van der Waals surface area contributed by atoms with Crippen molar-refractivity contribution in [3.63, 3.8) is 0 Å². The van der Waals surface area contributed by atoms with Gasteiger partial charge in [-0.1, -0.05) is 53.5 Å². The van der Waals surface area contributed by atoms with Crippen LogP contribution in [0.3, 0.4) is 0 Å². The molecule has 7 nitrogen and oxygen atoms in total. The Hall–Kier alpha value is -2.55. The van der Waals surface area contributed by atoms with Gasteiger partial charge < -0.3 is 19.5 Å². The Morgan fingerprint density at radius 2 is 1.84 bits per heavy atom. The molecule has 3 heterocycles. The van der Waals surface area contributed by atoms with Crippen molar-refractivity contribution in [2.45, 2.75) is 38.0 Å². The van der Waals surface area contributed by atoms with Gasteiger partial charge in [-0.25, -0.2) is 4.99 Å². The molecule has 0 spiro atoms. The second-order valence-corrected chi connectivity index (χ2v) is 8.76. The third-order valence-electron chi connectivity index (χ3n) is 5.78. The van der Waals surface area contributed by atoms with Crippen LogP contribution in [0.15, 0.2) is 59.7 Å². The first-order chi connectivity index (χ1) is 15.4. The fraction of sp³-hybridized carbons (Fsp3) is 0.261. The van der Waals surface area contributed by atoms with Gasteiger partial charge in [0.15, 0.2) is 6.23 Å².